The minimum Gasteiger partial charge on any atom is -0.491 e. The van der Waals surface area contributed by atoms with Gasteiger partial charge in [0.15, 0.2) is 0 Å². The summed E-state index contributed by atoms with van der Waals surface area (Å²) in [5.74, 6) is 1.59. The van der Waals surface area contributed by atoms with Gasteiger partial charge in [-0.05, 0) is 50.2 Å². The van der Waals surface area contributed by atoms with Crippen molar-refractivity contribution in [3.63, 3.8) is 0 Å². The molecule has 0 radical (unpaired) electrons. The van der Waals surface area contributed by atoms with Crippen molar-refractivity contribution >= 4 is 5.82 Å². The molecule has 0 unspecified atom stereocenters. The molecule has 5 nitrogen and oxygen atoms in total. The molecule has 0 fully saturated rings. The van der Waals surface area contributed by atoms with Gasteiger partial charge in [-0.2, -0.15) is 0 Å². The molecule has 0 saturated carbocycles. The number of hydrogen-bond acceptors (Lipinski definition) is 5. The van der Waals surface area contributed by atoms with Crippen LogP contribution in [0.5, 0.6) is 5.75 Å². The summed E-state index contributed by atoms with van der Waals surface area (Å²) in [4.78, 5) is 0. The van der Waals surface area contributed by atoms with Crippen molar-refractivity contribution in [2.24, 2.45) is 5.73 Å². The summed E-state index contributed by atoms with van der Waals surface area (Å²) in [6, 6.07) is 11.7. The van der Waals surface area contributed by atoms with Gasteiger partial charge in [-0.1, -0.05) is 0 Å². The predicted octanol–water partition coefficient (Wildman–Crippen LogP) is 2.30. The van der Waals surface area contributed by atoms with Gasteiger partial charge in [0.1, 0.15) is 11.6 Å². The molecule has 0 bridgehead atoms. The van der Waals surface area contributed by atoms with Crippen molar-refractivity contribution in [1.82, 2.24) is 10.2 Å². The Labute approximate surface area is 119 Å². The fraction of sp³-hybridized carbons (Fsp3) is 0.333. The standard InChI is InChI=1S/C15H20N4O/c1-11(2)20-13-5-3-12(4-6-13)14-7-8-15(19-18-14)17-10-9-16/h3-8,11H,9-10,16H2,1-2H3,(H,17,19). The van der Waals surface area contributed by atoms with E-state index in [1.54, 1.807) is 0 Å². The number of benzene rings is 1. The summed E-state index contributed by atoms with van der Waals surface area (Å²) in [5.41, 5.74) is 7.27. The number of anilines is 1. The number of nitrogens with two attached hydrogens (primary N) is 1. The van der Waals surface area contributed by atoms with E-state index in [-0.39, 0.29) is 6.10 Å². The van der Waals surface area contributed by atoms with Gasteiger partial charge in [-0.15, -0.1) is 10.2 Å². The first-order valence-corrected chi connectivity index (χ1v) is 6.74. The molecule has 0 spiro atoms. The first-order chi connectivity index (χ1) is 9.69. The zero-order chi connectivity index (χ0) is 14.4. The molecule has 0 aliphatic rings. The highest BCUT2D eigenvalue weighted by atomic mass is 16.5. The Hall–Kier alpha value is -2.14. The second kappa shape index (κ2) is 6.86. The van der Waals surface area contributed by atoms with Gasteiger partial charge in [0.05, 0.1) is 11.8 Å². The van der Waals surface area contributed by atoms with E-state index in [1.807, 2.05) is 50.2 Å². The minimum atomic E-state index is 0.175. The summed E-state index contributed by atoms with van der Waals surface area (Å²) in [6.45, 7) is 5.27. The zero-order valence-electron chi connectivity index (χ0n) is 11.8. The van der Waals surface area contributed by atoms with E-state index >= 15 is 0 Å². The molecule has 1 aromatic heterocycles. The molecule has 106 valence electrons. The molecular formula is C15H20N4O. The van der Waals surface area contributed by atoms with Crippen molar-refractivity contribution in [3.8, 4) is 17.0 Å². The highest BCUT2D eigenvalue weighted by Crippen LogP contribution is 2.21. The van der Waals surface area contributed by atoms with Gasteiger partial charge < -0.3 is 15.8 Å². The van der Waals surface area contributed by atoms with Crippen LogP contribution in [0.15, 0.2) is 36.4 Å². The molecule has 0 aliphatic carbocycles. The van der Waals surface area contributed by atoms with Crippen LogP contribution < -0.4 is 15.8 Å². The lowest BCUT2D eigenvalue weighted by Crippen LogP contribution is -2.14. The Morgan fingerprint density at radius 3 is 2.40 bits per heavy atom. The number of rotatable bonds is 6. The second-order valence-electron chi connectivity index (χ2n) is 4.71. The Morgan fingerprint density at radius 2 is 1.85 bits per heavy atom. The molecule has 0 amide bonds. The normalized spacial score (nSPS) is 10.6. The van der Waals surface area contributed by atoms with E-state index in [0.717, 1.165) is 22.8 Å². The van der Waals surface area contributed by atoms with Crippen LogP contribution in [0.3, 0.4) is 0 Å². The maximum absolute atomic E-state index is 5.61. The number of hydrogen-bond donors (Lipinski definition) is 2. The maximum atomic E-state index is 5.61. The van der Waals surface area contributed by atoms with Crippen LogP contribution in [0.4, 0.5) is 5.82 Å². The van der Waals surface area contributed by atoms with E-state index in [4.69, 9.17) is 10.5 Å². The van der Waals surface area contributed by atoms with Crippen molar-refractivity contribution in [2.75, 3.05) is 18.4 Å². The second-order valence-corrected chi connectivity index (χ2v) is 4.71. The molecule has 0 aliphatic heterocycles. The third-order valence-corrected chi connectivity index (χ3v) is 2.64. The Balaban J connectivity index is 2.07. The fourth-order valence-electron chi connectivity index (χ4n) is 1.76. The molecule has 5 heteroatoms. The summed E-state index contributed by atoms with van der Waals surface area (Å²) < 4.78 is 5.61. The van der Waals surface area contributed by atoms with Crippen LogP contribution >= 0.6 is 0 Å². The van der Waals surface area contributed by atoms with E-state index in [1.165, 1.54) is 0 Å². The molecule has 1 aromatic carbocycles. The monoisotopic (exact) mass is 272 g/mol. The lowest BCUT2D eigenvalue weighted by molar-refractivity contribution is 0.242. The lowest BCUT2D eigenvalue weighted by Gasteiger charge is -2.10. The Bertz CT molecular complexity index is 523. The molecule has 1 heterocycles. The average Bonchev–Trinajstić information content (AvgIpc) is 2.46. The van der Waals surface area contributed by atoms with Crippen LogP contribution in [-0.2, 0) is 0 Å². The van der Waals surface area contributed by atoms with Crippen LogP contribution in [0.25, 0.3) is 11.3 Å². The van der Waals surface area contributed by atoms with Crippen LogP contribution in [0.1, 0.15) is 13.8 Å². The Morgan fingerprint density at radius 1 is 1.10 bits per heavy atom. The third-order valence-electron chi connectivity index (χ3n) is 2.64. The number of aromatic nitrogens is 2. The summed E-state index contributed by atoms with van der Waals surface area (Å²) in [5, 5.41) is 11.4. The average molecular weight is 272 g/mol. The maximum Gasteiger partial charge on any atom is 0.148 e. The quantitative estimate of drug-likeness (QED) is 0.844. The molecule has 2 rings (SSSR count). The smallest absolute Gasteiger partial charge is 0.148 e. The Kier molecular flexibility index (Phi) is 4.90. The molecule has 20 heavy (non-hydrogen) atoms. The van der Waals surface area contributed by atoms with Crippen LogP contribution in [0, 0.1) is 0 Å². The van der Waals surface area contributed by atoms with Crippen molar-refractivity contribution in [1.29, 1.82) is 0 Å². The van der Waals surface area contributed by atoms with Crippen LogP contribution in [-0.4, -0.2) is 29.4 Å². The predicted molar refractivity (Wildman–Crippen MR) is 80.8 cm³/mol. The van der Waals surface area contributed by atoms with E-state index in [0.29, 0.717) is 13.1 Å². The molecule has 0 saturated heterocycles. The molecular weight excluding hydrogens is 252 g/mol. The van der Waals surface area contributed by atoms with Crippen molar-refractivity contribution < 1.29 is 4.74 Å². The zero-order valence-corrected chi connectivity index (χ0v) is 11.8. The highest BCUT2D eigenvalue weighted by Gasteiger charge is 2.02. The first-order valence-electron chi connectivity index (χ1n) is 6.74. The topological polar surface area (TPSA) is 73.1 Å². The van der Waals surface area contributed by atoms with Gasteiger partial charge in [-0.25, -0.2) is 0 Å². The SMILES string of the molecule is CC(C)Oc1ccc(-c2ccc(NCCN)nn2)cc1. The van der Waals surface area contributed by atoms with E-state index in [9.17, 15) is 0 Å². The summed E-state index contributed by atoms with van der Waals surface area (Å²) >= 11 is 0. The fourth-order valence-corrected chi connectivity index (χ4v) is 1.76. The minimum absolute atomic E-state index is 0.175. The lowest BCUT2D eigenvalue weighted by atomic mass is 10.1. The van der Waals surface area contributed by atoms with Gasteiger partial charge in [0, 0.05) is 18.7 Å². The van der Waals surface area contributed by atoms with Crippen molar-refractivity contribution in [2.45, 2.75) is 20.0 Å². The van der Waals surface area contributed by atoms with Gasteiger partial charge in [-0.3, -0.25) is 0 Å². The molecule has 0 atom stereocenters. The first kappa shape index (κ1) is 14.3. The number of nitrogens with one attached hydrogen (secondary N) is 1. The van der Waals surface area contributed by atoms with Crippen LogP contribution in [0.2, 0.25) is 0 Å². The van der Waals surface area contributed by atoms with E-state index in [2.05, 4.69) is 15.5 Å². The highest BCUT2D eigenvalue weighted by molar-refractivity contribution is 5.60. The molecule has 2 aromatic rings. The number of ether oxygens (including phenoxy) is 1. The van der Waals surface area contributed by atoms with Crippen molar-refractivity contribution in [3.05, 3.63) is 36.4 Å². The largest absolute Gasteiger partial charge is 0.491 e. The summed E-state index contributed by atoms with van der Waals surface area (Å²) in [7, 11) is 0. The van der Waals surface area contributed by atoms with E-state index < -0.39 is 0 Å². The number of nitrogens with zero attached hydrogens (tertiary/aromatic N) is 2. The van der Waals surface area contributed by atoms with Gasteiger partial charge in [0.2, 0.25) is 0 Å². The molecule has 3 N–H and O–H groups in total. The van der Waals surface area contributed by atoms with Gasteiger partial charge in [0.25, 0.3) is 0 Å². The third kappa shape index (κ3) is 3.93. The summed E-state index contributed by atoms with van der Waals surface area (Å²) in [6.07, 6.45) is 0.175. The van der Waals surface area contributed by atoms with Gasteiger partial charge >= 0.3 is 0 Å².